The monoisotopic (exact) mass is 338 g/mol. The van der Waals surface area contributed by atoms with E-state index in [1.165, 1.54) is 0 Å². The molecule has 0 aliphatic rings. The summed E-state index contributed by atoms with van der Waals surface area (Å²) in [6.45, 7) is 3.99. The summed E-state index contributed by atoms with van der Waals surface area (Å²) in [5.41, 5.74) is 3.78. The molecule has 5 nitrogen and oxygen atoms in total. The van der Waals surface area contributed by atoms with Crippen molar-refractivity contribution in [1.82, 2.24) is 5.43 Å². The highest BCUT2D eigenvalue weighted by molar-refractivity contribution is 9.10. The lowest BCUT2D eigenvalue weighted by molar-refractivity contribution is 0.0921. The Morgan fingerprint density at radius 1 is 1.35 bits per heavy atom. The van der Waals surface area contributed by atoms with E-state index < -0.39 is 5.91 Å². The van der Waals surface area contributed by atoms with Crippen molar-refractivity contribution in [2.45, 2.75) is 20.5 Å². The Balaban J connectivity index is 2.09. The van der Waals surface area contributed by atoms with Gasteiger partial charge in [0, 0.05) is 10.0 Å². The molecular formula is C14H15BrN2O3. The Labute approximate surface area is 125 Å². The third-order valence-corrected chi connectivity index (χ3v) is 3.31. The van der Waals surface area contributed by atoms with Crippen molar-refractivity contribution in [1.29, 1.82) is 0 Å². The molecular weight excluding hydrogens is 324 g/mol. The molecule has 2 aromatic rings. The van der Waals surface area contributed by atoms with Crippen molar-refractivity contribution in [2.75, 3.05) is 0 Å². The number of hydrogen-bond acceptors (Lipinski definition) is 4. The average molecular weight is 339 g/mol. The minimum absolute atomic E-state index is 0.207. The Kier molecular flexibility index (Phi) is 4.46. The maximum absolute atomic E-state index is 11.4. The van der Waals surface area contributed by atoms with Crippen LogP contribution in [0.2, 0.25) is 0 Å². The molecule has 2 rings (SSSR count). The number of nitrogens with one attached hydrogen (secondary N) is 1. The van der Waals surface area contributed by atoms with Crippen molar-refractivity contribution < 1.29 is 13.9 Å². The quantitative estimate of drug-likeness (QED) is 0.510. The van der Waals surface area contributed by atoms with Crippen LogP contribution >= 0.6 is 15.9 Å². The zero-order valence-corrected chi connectivity index (χ0v) is 12.8. The van der Waals surface area contributed by atoms with E-state index in [0.717, 1.165) is 21.3 Å². The first kappa shape index (κ1) is 14.6. The maximum Gasteiger partial charge on any atom is 0.301 e. The Morgan fingerprint density at radius 3 is 2.75 bits per heavy atom. The van der Waals surface area contributed by atoms with Crippen LogP contribution < -0.4 is 16.0 Å². The largest absolute Gasteiger partial charge is 0.485 e. The third kappa shape index (κ3) is 3.20. The van der Waals surface area contributed by atoms with Crippen LogP contribution in [0.25, 0.3) is 0 Å². The number of nitrogens with two attached hydrogens (primary N) is 1. The highest BCUT2D eigenvalue weighted by Gasteiger charge is 2.15. The Hall–Kier alpha value is -1.79. The van der Waals surface area contributed by atoms with Gasteiger partial charge in [0.15, 0.2) is 5.76 Å². The van der Waals surface area contributed by atoms with E-state index in [4.69, 9.17) is 15.0 Å². The predicted molar refractivity (Wildman–Crippen MR) is 78.3 cm³/mol. The average Bonchev–Trinajstić information content (AvgIpc) is 2.78. The number of hydrogen-bond donors (Lipinski definition) is 2. The number of nitrogen functional groups attached to an aromatic ring is 1. The normalized spacial score (nSPS) is 10.4. The smallest absolute Gasteiger partial charge is 0.301 e. The minimum atomic E-state index is -0.450. The van der Waals surface area contributed by atoms with Crippen LogP contribution in [0.3, 0.4) is 0 Å². The van der Waals surface area contributed by atoms with Gasteiger partial charge in [-0.15, -0.1) is 0 Å². The molecule has 0 atom stereocenters. The van der Waals surface area contributed by atoms with Gasteiger partial charge in [0.2, 0.25) is 0 Å². The number of aryl methyl sites for hydroxylation is 2. The Morgan fingerprint density at radius 2 is 2.10 bits per heavy atom. The number of amides is 1. The van der Waals surface area contributed by atoms with Gasteiger partial charge < -0.3 is 9.15 Å². The summed E-state index contributed by atoms with van der Waals surface area (Å²) in [5, 5.41) is 0. The first-order valence-electron chi connectivity index (χ1n) is 6.00. The summed E-state index contributed by atoms with van der Waals surface area (Å²) in [6, 6.07) is 7.51. The number of furan rings is 1. The molecule has 0 aliphatic heterocycles. The molecule has 106 valence electrons. The SMILES string of the molecule is Cc1cc(Br)ccc1OCc1cc(C)c(C(=O)NN)o1. The summed E-state index contributed by atoms with van der Waals surface area (Å²) in [7, 11) is 0. The van der Waals surface area contributed by atoms with E-state index in [1.807, 2.05) is 30.5 Å². The summed E-state index contributed by atoms with van der Waals surface area (Å²) in [5.74, 6) is 6.19. The lowest BCUT2D eigenvalue weighted by Crippen LogP contribution is -2.30. The molecule has 0 fully saturated rings. The first-order chi connectivity index (χ1) is 9.51. The van der Waals surface area contributed by atoms with E-state index in [9.17, 15) is 4.79 Å². The molecule has 0 bridgehead atoms. The molecule has 1 amide bonds. The van der Waals surface area contributed by atoms with Gasteiger partial charge in [0.1, 0.15) is 18.1 Å². The molecule has 0 spiro atoms. The number of rotatable bonds is 4. The third-order valence-electron chi connectivity index (χ3n) is 2.81. The predicted octanol–water partition coefficient (Wildman–Crippen LogP) is 2.84. The number of ether oxygens (including phenoxy) is 1. The Bertz CT molecular complexity index is 637. The molecule has 1 heterocycles. The van der Waals surface area contributed by atoms with Gasteiger partial charge in [-0.2, -0.15) is 0 Å². The highest BCUT2D eigenvalue weighted by Crippen LogP contribution is 2.24. The van der Waals surface area contributed by atoms with Gasteiger partial charge in [-0.25, -0.2) is 5.84 Å². The van der Waals surface area contributed by atoms with Gasteiger partial charge >= 0.3 is 5.91 Å². The van der Waals surface area contributed by atoms with E-state index in [2.05, 4.69) is 15.9 Å². The lowest BCUT2D eigenvalue weighted by atomic mass is 10.2. The minimum Gasteiger partial charge on any atom is -0.485 e. The number of carbonyl (C=O) groups is 1. The molecule has 3 N–H and O–H groups in total. The topological polar surface area (TPSA) is 77.5 Å². The van der Waals surface area contributed by atoms with Crippen LogP contribution in [-0.4, -0.2) is 5.91 Å². The zero-order valence-electron chi connectivity index (χ0n) is 11.2. The van der Waals surface area contributed by atoms with Crippen LogP contribution in [0.15, 0.2) is 33.2 Å². The van der Waals surface area contributed by atoms with Crippen molar-refractivity contribution in [3.8, 4) is 5.75 Å². The molecule has 0 unspecified atom stereocenters. The maximum atomic E-state index is 11.4. The van der Waals surface area contributed by atoms with Crippen LogP contribution in [-0.2, 0) is 6.61 Å². The van der Waals surface area contributed by atoms with E-state index in [-0.39, 0.29) is 12.4 Å². The molecule has 0 radical (unpaired) electrons. The van der Waals surface area contributed by atoms with Gasteiger partial charge in [-0.1, -0.05) is 15.9 Å². The van der Waals surface area contributed by atoms with Crippen LogP contribution in [0.1, 0.15) is 27.4 Å². The standard InChI is InChI=1S/C14H15BrN2O3/c1-8-5-10(15)3-4-12(8)19-7-11-6-9(2)13(20-11)14(18)17-16/h3-6H,7,16H2,1-2H3,(H,17,18). The second kappa shape index (κ2) is 6.11. The summed E-state index contributed by atoms with van der Waals surface area (Å²) in [4.78, 5) is 11.4. The fourth-order valence-corrected chi connectivity index (χ4v) is 2.31. The van der Waals surface area contributed by atoms with E-state index in [1.54, 1.807) is 13.0 Å². The zero-order chi connectivity index (χ0) is 14.7. The van der Waals surface area contributed by atoms with E-state index in [0.29, 0.717) is 5.76 Å². The second-order valence-corrected chi connectivity index (χ2v) is 5.31. The van der Waals surface area contributed by atoms with Crippen molar-refractivity contribution in [3.63, 3.8) is 0 Å². The fourth-order valence-electron chi connectivity index (χ4n) is 1.83. The summed E-state index contributed by atoms with van der Waals surface area (Å²) >= 11 is 3.40. The molecule has 6 heteroatoms. The molecule has 1 aromatic carbocycles. The number of halogens is 1. The van der Waals surface area contributed by atoms with Crippen molar-refractivity contribution in [2.24, 2.45) is 5.84 Å². The van der Waals surface area contributed by atoms with Crippen molar-refractivity contribution in [3.05, 3.63) is 51.4 Å². The van der Waals surface area contributed by atoms with Gasteiger partial charge in [0.25, 0.3) is 0 Å². The number of hydrazine groups is 1. The molecule has 1 aromatic heterocycles. The van der Waals surface area contributed by atoms with Crippen LogP contribution in [0, 0.1) is 13.8 Å². The molecule has 20 heavy (non-hydrogen) atoms. The fraction of sp³-hybridized carbons (Fsp3) is 0.214. The van der Waals surface area contributed by atoms with Gasteiger partial charge in [0.05, 0.1) is 0 Å². The van der Waals surface area contributed by atoms with Crippen LogP contribution in [0.4, 0.5) is 0 Å². The summed E-state index contributed by atoms with van der Waals surface area (Å²) in [6.07, 6.45) is 0. The molecule has 0 saturated heterocycles. The number of carbonyl (C=O) groups excluding carboxylic acids is 1. The van der Waals surface area contributed by atoms with Gasteiger partial charge in [-0.05, 0) is 43.7 Å². The second-order valence-electron chi connectivity index (χ2n) is 4.40. The summed E-state index contributed by atoms with van der Waals surface area (Å²) < 4.78 is 12.1. The number of benzene rings is 1. The highest BCUT2D eigenvalue weighted by atomic mass is 79.9. The van der Waals surface area contributed by atoms with Crippen LogP contribution in [0.5, 0.6) is 5.75 Å². The lowest BCUT2D eigenvalue weighted by Gasteiger charge is -2.07. The van der Waals surface area contributed by atoms with Gasteiger partial charge in [-0.3, -0.25) is 10.2 Å². The van der Waals surface area contributed by atoms with Crippen molar-refractivity contribution >= 4 is 21.8 Å². The van der Waals surface area contributed by atoms with E-state index >= 15 is 0 Å². The first-order valence-corrected chi connectivity index (χ1v) is 6.79. The molecule has 0 saturated carbocycles. The molecule has 0 aliphatic carbocycles.